The summed E-state index contributed by atoms with van der Waals surface area (Å²) >= 11 is 0. The number of nitrogens with zero attached hydrogens (tertiary/aromatic N) is 3. The van der Waals surface area contributed by atoms with E-state index in [1.165, 1.54) is 6.20 Å². The van der Waals surface area contributed by atoms with Crippen molar-refractivity contribution in [2.75, 3.05) is 6.54 Å². The third kappa shape index (κ3) is 3.60. The molecule has 0 aliphatic rings. The van der Waals surface area contributed by atoms with Gasteiger partial charge in [0.25, 0.3) is 5.91 Å². The van der Waals surface area contributed by atoms with Crippen LogP contribution in [0.1, 0.15) is 23.2 Å². The molecule has 0 spiro atoms. The van der Waals surface area contributed by atoms with E-state index in [1.807, 2.05) is 0 Å². The van der Waals surface area contributed by atoms with E-state index in [2.05, 4.69) is 15.6 Å². The average molecular weight is 225 g/mol. The molecule has 0 aliphatic heterocycles. The van der Waals surface area contributed by atoms with E-state index in [-0.39, 0.29) is 11.7 Å². The van der Waals surface area contributed by atoms with E-state index in [4.69, 9.17) is 10.9 Å². The molecule has 0 unspecified atom stereocenters. The predicted molar refractivity (Wildman–Crippen MR) is 58.2 cm³/mol. The van der Waals surface area contributed by atoms with Crippen molar-refractivity contribution < 1.29 is 10.0 Å². The molecular weight excluding hydrogens is 210 g/mol. The summed E-state index contributed by atoms with van der Waals surface area (Å²) in [7, 11) is 1.75. The van der Waals surface area contributed by atoms with Crippen molar-refractivity contribution in [1.82, 2.24) is 15.1 Å². The molecule has 0 bridgehead atoms. The normalized spacial score (nSPS) is 11.4. The summed E-state index contributed by atoms with van der Waals surface area (Å²) in [5, 5.41) is 17.7. The van der Waals surface area contributed by atoms with Gasteiger partial charge in [0.05, 0.1) is 11.8 Å². The third-order valence-corrected chi connectivity index (χ3v) is 1.99. The number of nitrogens with two attached hydrogens (primary N) is 1. The van der Waals surface area contributed by atoms with Crippen molar-refractivity contribution in [3.05, 3.63) is 18.0 Å². The van der Waals surface area contributed by atoms with Crippen LogP contribution in [0.2, 0.25) is 0 Å². The maximum absolute atomic E-state index is 11.5. The highest BCUT2D eigenvalue weighted by molar-refractivity contribution is 5.93. The number of hydrogen-bond donors (Lipinski definition) is 3. The first kappa shape index (κ1) is 12.0. The van der Waals surface area contributed by atoms with E-state index in [0.717, 1.165) is 0 Å². The van der Waals surface area contributed by atoms with Crippen LogP contribution in [-0.4, -0.2) is 33.3 Å². The van der Waals surface area contributed by atoms with Crippen LogP contribution in [0.25, 0.3) is 0 Å². The van der Waals surface area contributed by atoms with E-state index in [1.54, 1.807) is 17.9 Å². The van der Waals surface area contributed by atoms with Crippen molar-refractivity contribution >= 4 is 11.7 Å². The van der Waals surface area contributed by atoms with Crippen LogP contribution in [0.5, 0.6) is 0 Å². The molecule has 88 valence electrons. The molecule has 0 saturated heterocycles. The lowest BCUT2D eigenvalue weighted by atomic mass is 10.3. The van der Waals surface area contributed by atoms with Crippen molar-refractivity contribution in [3.63, 3.8) is 0 Å². The van der Waals surface area contributed by atoms with Crippen molar-refractivity contribution in [2.24, 2.45) is 17.9 Å². The van der Waals surface area contributed by atoms with E-state index < -0.39 is 0 Å². The van der Waals surface area contributed by atoms with Gasteiger partial charge in [-0.3, -0.25) is 9.48 Å². The van der Waals surface area contributed by atoms with Crippen LogP contribution in [0, 0.1) is 0 Å². The second kappa shape index (κ2) is 5.74. The number of aromatic nitrogens is 2. The molecule has 0 fully saturated rings. The maximum Gasteiger partial charge on any atom is 0.254 e. The molecule has 1 aromatic heterocycles. The molecule has 7 heteroatoms. The van der Waals surface area contributed by atoms with Crippen LogP contribution in [0.4, 0.5) is 0 Å². The average Bonchev–Trinajstić information content (AvgIpc) is 2.70. The van der Waals surface area contributed by atoms with Gasteiger partial charge in [-0.1, -0.05) is 5.16 Å². The zero-order valence-electron chi connectivity index (χ0n) is 9.05. The van der Waals surface area contributed by atoms with Crippen molar-refractivity contribution in [2.45, 2.75) is 12.8 Å². The Hall–Kier alpha value is -2.05. The molecule has 16 heavy (non-hydrogen) atoms. The summed E-state index contributed by atoms with van der Waals surface area (Å²) in [6.45, 7) is 0.476. The van der Waals surface area contributed by atoms with Gasteiger partial charge in [0.1, 0.15) is 5.84 Å². The van der Waals surface area contributed by atoms with Crippen LogP contribution < -0.4 is 11.1 Å². The molecule has 0 aromatic carbocycles. The standard InChI is InChI=1S/C9H15N5O2/c1-14-6-7(5-12-14)9(15)11-4-2-3-8(10)13-16/h5-6,16H,2-4H2,1H3,(H2,10,13)(H,11,15). The highest BCUT2D eigenvalue weighted by atomic mass is 16.4. The Morgan fingerprint density at radius 2 is 2.50 bits per heavy atom. The predicted octanol–water partition coefficient (Wildman–Crippen LogP) is -0.323. The monoisotopic (exact) mass is 225 g/mol. The molecule has 1 amide bonds. The molecular formula is C9H15N5O2. The quantitative estimate of drug-likeness (QED) is 0.210. The zero-order valence-corrected chi connectivity index (χ0v) is 9.05. The first-order valence-corrected chi connectivity index (χ1v) is 4.86. The molecule has 7 nitrogen and oxygen atoms in total. The molecule has 0 radical (unpaired) electrons. The van der Waals surface area contributed by atoms with E-state index in [9.17, 15) is 4.79 Å². The minimum Gasteiger partial charge on any atom is -0.409 e. The fraction of sp³-hybridized carbons (Fsp3) is 0.444. The number of oxime groups is 1. The lowest BCUT2D eigenvalue weighted by molar-refractivity contribution is 0.0953. The summed E-state index contributed by atoms with van der Waals surface area (Å²) in [5.41, 5.74) is 5.80. The fourth-order valence-corrected chi connectivity index (χ4v) is 1.16. The highest BCUT2D eigenvalue weighted by Gasteiger charge is 2.06. The zero-order chi connectivity index (χ0) is 12.0. The van der Waals surface area contributed by atoms with E-state index in [0.29, 0.717) is 24.9 Å². The van der Waals surface area contributed by atoms with Gasteiger partial charge in [-0.2, -0.15) is 5.10 Å². The Morgan fingerprint density at radius 1 is 1.75 bits per heavy atom. The Morgan fingerprint density at radius 3 is 3.06 bits per heavy atom. The Bertz CT molecular complexity index is 385. The van der Waals surface area contributed by atoms with Gasteiger partial charge in [0.2, 0.25) is 0 Å². The molecule has 1 aromatic rings. The smallest absolute Gasteiger partial charge is 0.254 e. The highest BCUT2D eigenvalue weighted by Crippen LogP contribution is 1.96. The Labute approximate surface area is 92.9 Å². The van der Waals surface area contributed by atoms with Gasteiger partial charge in [0.15, 0.2) is 0 Å². The van der Waals surface area contributed by atoms with Gasteiger partial charge in [-0.25, -0.2) is 0 Å². The van der Waals surface area contributed by atoms with E-state index >= 15 is 0 Å². The minimum atomic E-state index is -0.174. The third-order valence-electron chi connectivity index (χ3n) is 1.99. The lowest BCUT2D eigenvalue weighted by Crippen LogP contribution is -2.25. The van der Waals surface area contributed by atoms with Crippen molar-refractivity contribution in [1.29, 1.82) is 0 Å². The van der Waals surface area contributed by atoms with Crippen molar-refractivity contribution in [3.8, 4) is 0 Å². The number of nitrogens with one attached hydrogen (secondary N) is 1. The number of carbonyl (C=O) groups excluding carboxylic acids is 1. The first-order chi connectivity index (χ1) is 7.63. The second-order valence-corrected chi connectivity index (χ2v) is 3.35. The SMILES string of the molecule is Cn1cc(C(=O)NCCCC(N)=NO)cn1. The molecule has 4 N–H and O–H groups in total. The Kier molecular flexibility index (Phi) is 4.31. The summed E-state index contributed by atoms with van der Waals surface area (Å²) in [5.74, 6) is -0.0109. The molecule has 1 heterocycles. The largest absolute Gasteiger partial charge is 0.409 e. The fourth-order valence-electron chi connectivity index (χ4n) is 1.16. The van der Waals surface area contributed by atoms with Crippen LogP contribution in [0.15, 0.2) is 17.5 Å². The van der Waals surface area contributed by atoms with Gasteiger partial charge >= 0.3 is 0 Å². The van der Waals surface area contributed by atoms with Gasteiger partial charge in [0, 0.05) is 26.2 Å². The number of carbonyl (C=O) groups is 1. The second-order valence-electron chi connectivity index (χ2n) is 3.35. The summed E-state index contributed by atoms with van der Waals surface area (Å²) in [6, 6.07) is 0. The molecule has 0 aliphatic carbocycles. The maximum atomic E-state index is 11.5. The topological polar surface area (TPSA) is 106 Å². The van der Waals surface area contributed by atoms with Gasteiger partial charge < -0.3 is 16.3 Å². The molecule has 0 atom stereocenters. The Balaban J connectivity index is 2.26. The number of amidine groups is 1. The summed E-state index contributed by atoms with van der Waals surface area (Å²) in [4.78, 5) is 11.5. The van der Waals surface area contributed by atoms with Crippen LogP contribution in [0.3, 0.4) is 0 Å². The van der Waals surface area contributed by atoms with Gasteiger partial charge in [-0.05, 0) is 6.42 Å². The van der Waals surface area contributed by atoms with Crippen LogP contribution in [-0.2, 0) is 7.05 Å². The number of rotatable bonds is 5. The lowest BCUT2D eigenvalue weighted by Gasteiger charge is -2.02. The number of hydrogen-bond acceptors (Lipinski definition) is 4. The van der Waals surface area contributed by atoms with Crippen LogP contribution >= 0.6 is 0 Å². The summed E-state index contributed by atoms with van der Waals surface area (Å²) in [6.07, 6.45) is 4.21. The number of amides is 1. The molecule has 1 rings (SSSR count). The molecule has 0 saturated carbocycles. The minimum absolute atomic E-state index is 0.163. The van der Waals surface area contributed by atoms with Gasteiger partial charge in [-0.15, -0.1) is 0 Å². The first-order valence-electron chi connectivity index (χ1n) is 4.86. The number of aryl methyl sites for hydroxylation is 1. The summed E-state index contributed by atoms with van der Waals surface area (Å²) < 4.78 is 1.56.